The van der Waals surface area contributed by atoms with Gasteiger partial charge in [-0.05, 0) is 68.4 Å². The lowest BCUT2D eigenvalue weighted by atomic mass is 9.94. The predicted molar refractivity (Wildman–Crippen MR) is 150 cm³/mol. The SMILES string of the molecule is C/N=C/C1C=C(NC(=N)/C=C\N=C(/C)c2cccc(OCC(=O)CCC3CCCOCC3)c2)C=CC1N. The molecule has 1 aliphatic carbocycles. The van der Waals surface area contributed by atoms with E-state index in [1.165, 1.54) is 0 Å². The molecule has 1 aliphatic heterocycles. The van der Waals surface area contributed by atoms with Crippen LogP contribution in [0.4, 0.5) is 0 Å². The molecule has 3 atom stereocenters. The van der Waals surface area contributed by atoms with Crippen LogP contribution in [0.1, 0.15) is 44.6 Å². The maximum absolute atomic E-state index is 12.3. The number of amidine groups is 1. The van der Waals surface area contributed by atoms with Crippen LogP contribution in [0.2, 0.25) is 0 Å². The summed E-state index contributed by atoms with van der Waals surface area (Å²) in [5.74, 6) is 1.53. The average molecular weight is 506 g/mol. The van der Waals surface area contributed by atoms with Gasteiger partial charge in [0, 0.05) is 62.5 Å². The van der Waals surface area contributed by atoms with E-state index in [-0.39, 0.29) is 30.2 Å². The number of benzene rings is 1. The van der Waals surface area contributed by atoms with Gasteiger partial charge < -0.3 is 25.5 Å². The molecule has 1 aromatic rings. The molecule has 1 saturated heterocycles. The lowest BCUT2D eigenvalue weighted by molar-refractivity contribution is -0.121. The van der Waals surface area contributed by atoms with Gasteiger partial charge in [0.15, 0.2) is 5.78 Å². The molecule has 0 bridgehead atoms. The number of Topliss-reactive ketones (excluding diaryl/α,β-unsaturated/α-hetero) is 1. The number of nitrogens with zero attached hydrogens (tertiary/aromatic N) is 2. The predicted octanol–water partition coefficient (Wildman–Crippen LogP) is 4.22. The molecule has 0 radical (unpaired) electrons. The highest BCUT2D eigenvalue weighted by atomic mass is 16.5. The summed E-state index contributed by atoms with van der Waals surface area (Å²) >= 11 is 0. The Morgan fingerprint density at radius 3 is 3.03 bits per heavy atom. The fraction of sp³-hybridized carbons (Fsp3) is 0.448. The van der Waals surface area contributed by atoms with Crippen LogP contribution in [0.3, 0.4) is 0 Å². The first-order valence-electron chi connectivity index (χ1n) is 12.9. The standard InChI is InChI=1S/C29H39N5O3/c1-21(33-14-12-29(31)34-25-9-11-28(30)24(17-25)19-32-2)23-6-3-7-27(18-23)37-20-26(35)10-8-22-5-4-15-36-16-13-22/h3,6-7,9,11-12,14,17-19,22,24,28H,4-5,8,10,13,15-16,20,30H2,1-2H3,(H2,31,34)/b14-12-,32-19+,33-21+. The number of carbonyl (C=O) groups excluding carboxylic acids is 1. The third-order valence-corrected chi connectivity index (χ3v) is 6.48. The smallest absolute Gasteiger partial charge is 0.170 e. The summed E-state index contributed by atoms with van der Waals surface area (Å²) in [5.41, 5.74) is 8.51. The van der Waals surface area contributed by atoms with Crippen molar-refractivity contribution in [3.05, 3.63) is 66.0 Å². The Bertz CT molecular complexity index is 1070. The highest BCUT2D eigenvalue weighted by Gasteiger charge is 2.16. The van der Waals surface area contributed by atoms with E-state index in [0.29, 0.717) is 18.1 Å². The summed E-state index contributed by atoms with van der Waals surface area (Å²) in [7, 11) is 1.72. The van der Waals surface area contributed by atoms with Gasteiger partial charge in [0.1, 0.15) is 18.2 Å². The maximum Gasteiger partial charge on any atom is 0.170 e. The van der Waals surface area contributed by atoms with Crippen LogP contribution in [0, 0.1) is 17.2 Å². The van der Waals surface area contributed by atoms with Gasteiger partial charge in [-0.15, -0.1) is 0 Å². The minimum atomic E-state index is -0.120. The zero-order valence-electron chi connectivity index (χ0n) is 21.9. The normalized spacial score (nSPS) is 22.6. The summed E-state index contributed by atoms with van der Waals surface area (Å²) < 4.78 is 11.3. The Balaban J connectivity index is 1.47. The largest absolute Gasteiger partial charge is 0.486 e. The van der Waals surface area contributed by atoms with Gasteiger partial charge in [-0.1, -0.05) is 24.3 Å². The number of hydrogen-bond donors (Lipinski definition) is 3. The van der Waals surface area contributed by atoms with E-state index in [4.69, 9.17) is 20.6 Å². The van der Waals surface area contributed by atoms with Gasteiger partial charge in [-0.2, -0.15) is 0 Å². The molecule has 0 amide bonds. The van der Waals surface area contributed by atoms with Gasteiger partial charge in [-0.25, -0.2) is 0 Å². The van der Waals surface area contributed by atoms with Gasteiger partial charge >= 0.3 is 0 Å². The topological polar surface area (TPSA) is 122 Å². The Kier molecular flexibility index (Phi) is 11.5. The van der Waals surface area contributed by atoms with E-state index in [1.54, 1.807) is 25.5 Å². The van der Waals surface area contributed by atoms with Crippen molar-refractivity contribution >= 4 is 23.5 Å². The average Bonchev–Trinajstić information content (AvgIpc) is 3.17. The Hall–Kier alpha value is -3.36. The zero-order chi connectivity index (χ0) is 26.5. The summed E-state index contributed by atoms with van der Waals surface area (Å²) in [6.07, 6.45) is 15.4. The fourth-order valence-electron chi connectivity index (χ4n) is 4.28. The first kappa shape index (κ1) is 28.2. The molecule has 3 unspecified atom stereocenters. The maximum atomic E-state index is 12.3. The number of hydrogen-bond acceptors (Lipinski definition) is 7. The summed E-state index contributed by atoms with van der Waals surface area (Å²) in [6.45, 7) is 3.61. The highest BCUT2D eigenvalue weighted by molar-refractivity contribution is 6.00. The van der Waals surface area contributed by atoms with Crippen molar-refractivity contribution < 1.29 is 14.3 Å². The van der Waals surface area contributed by atoms with Crippen molar-refractivity contribution in [2.24, 2.45) is 27.6 Å². The zero-order valence-corrected chi connectivity index (χ0v) is 21.9. The number of ketones is 1. The van der Waals surface area contributed by atoms with Gasteiger partial charge in [-0.3, -0.25) is 15.2 Å². The number of nitrogens with one attached hydrogen (secondary N) is 2. The second-order valence-corrected chi connectivity index (χ2v) is 9.42. The molecular formula is C29H39N5O3. The number of rotatable bonds is 11. The lowest BCUT2D eigenvalue weighted by Gasteiger charge is -2.19. The molecule has 2 aliphatic rings. The third-order valence-electron chi connectivity index (χ3n) is 6.48. The molecule has 0 spiro atoms. The van der Waals surface area contributed by atoms with Crippen LogP contribution >= 0.6 is 0 Å². The molecule has 4 N–H and O–H groups in total. The third kappa shape index (κ3) is 9.90. The molecule has 1 aromatic carbocycles. The second-order valence-electron chi connectivity index (χ2n) is 9.42. The molecule has 8 heteroatoms. The molecular weight excluding hydrogens is 466 g/mol. The number of ether oxygens (including phenoxy) is 2. The van der Waals surface area contributed by atoms with Crippen molar-refractivity contribution in [1.29, 1.82) is 5.41 Å². The van der Waals surface area contributed by atoms with Crippen LogP contribution in [0.15, 0.2) is 70.5 Å². The first-order chi connectivity index (χ1) is 17.9. The number of carbonyl (C=O) groups is 1. The van der Waals surface area contributed by atoms with Crippen LogP contribution in [0.25, 0.3) is 0 Å². The van der Waals surface area contributed by atoms with E-state index in [9.17, 15) is 4.79 Å². The van der Waals surface area contributed by atoms with E-state index in [0.717, 1.165) is 55.9 Å². The van der Waals surface area contributed by atoms with Gasteiger partial charge in [0.2, 0.25) is 0 Å². The minimum absolute atomic E-state index is 0.00378. The molecule has 8 nitrogen and oxygen atoms in total. The van der Waals surface area contributed by atoms with E-state index in [2.05, 4.69) is 15.3 Å². The van der Waals surface area contributed by atoms with E-state index >= 15 is 0 Å². The summed E-state index contributed by atoms with van der Waals surface area (Å²) in [5, 5.41) is 11.2. The van der Waals surface area contributed by atoms with E-state index < -0.39 is 0 Å². The van der Waals surface area contributed by atoms with Gasteiger partial charge in [0.05, 0.1) is 0 Å². The Morgan fingerprint density at radius 2 is 2.19 bits per heavy atom. The van der Waals surface area contributed by atoms with Crippen LogP contribution in [-0.4, -0.2) is 56.5 Å². The summed E-state index contributed by atoms with van der Waals surface area (Å²) in [6, 6.07) is 7.43. The van der Waals surface area contributed by atoms with Crippen molar-refractivity contribution in [3.8, 4) is 5.75 Å². The molecule has 3 rings (SSSR count). The summed E-state index contributed by atoms with van der Waals surface area (Å²) in [4.78, 5) is 20.8. The van der Waals surface area contributed by atoms with Crippen molar-refractivity contribution in [3.63, 3.8) is 0 Å². The van der Waals surface area contributed by atoms with Crippen molar-refractivity contribution in [1.82, 2.24) is 5.32 Å². The van der Waals surface area contributed by atoms with E-state index in [1.807, 2.05) is 49.4 Å². The molecule has 198 valence electrons. The molecule has 37 heavy (non-hydrogen) atoms. The molecule has 0 aromatic heterocycles. The highest BCUT2D eigenvalue weighted by Crippen LogP contribution is 2.21. The fourth-order valence-corrected chi connectivity index (χ4v) is 4.28. The van der Waals surface area contributed by atoms with Crippen molar-refractivity contribution in [2.45, 2.75) is 45.1 Å². The lowest BCUT2D eigenvalue weighted by Crippen LogP contribution is -2.32. The molecule has 1 heterocycles. The minimum Gasteiger partial charge on any atom is -0.486 e. The quantitative estimate of drug-likeness (QED) is 0.307. The Morgan fingerprint density at radius 1 is 1.32 bits per heavy atom. The monoisotopic (exact) mass is 505 g/mol. The second kappa shape index (κ2) is 15.0. The Labute approximate surface area is 219 Å². The van der Waals surface area contributed by atoms with Crippen LogP contribution in [-0.2, 0) is 9.53 Å². The van der Waals surface area contributed by atoms with Gasteiger partial charge in [0.25, 0.3) is 0 Å². The first-order valence-corrected chi connectivity index (χ1v) is 12.9. The molecule has 0 saturated carbocycles. The molecule has 1 fully saturated rings. The van der Waals surface area contributed by atoms with Crippen molar-refractivity contribution in [2.75, 3.05) is 26.9 Å². The van der Waals surface area contributed by atoms with Crippen LogP contribution < -0.4 is 15.8 Å². The number of aliphatic imine (C=N–C) groups is 2. The number of nitrogens with two attached hydrogens (primary N) is 1. The van der Waals surface area contributed by atoms with Crippen LogP contribution in [0.5, 0.6) is 5.75 Å². The number of allylic oxidation sites excluding steroid dienone is 1.